The highest BCUT2D eigenvalue weighted by Gasteiger charge is 2.22. The van der Waals surface area contributed by atoms with Crippen LogP contribution in [0.2, 0.25) is 0 Å². The second-order valence-corrected chi connectivity index (χ2v) is 6.88. The van der Waals surface area contributed by atoms with Crippen LogP contribution >= 0.6 is 0 Å². The standard InChI is InChI=1S/C20H26O3/c1-13-14(2)19(22)17(12-15-8-6-5-7-9-15)16(18(13)21)10-11-20(3,4)23/h5-9,21-23H,10-12H2,1-4H3. The van der Waals surface area contributed by atoms with Crippen LogP contribution in [-0.2, 0) is 12.8 Å². The monoisotopic (exact) mass is 314 g/mol. The fraction of sp³-hybridized carbons (Fsp3) is 0.400. The third kappa shape index (κ3) is 4.05. The van der Waals surface area contributed by atoms with E-state index in [1.807, 2.05) is 44.2 Å². The molecule has 0 aliphatic heterocycles. The molecule has 0 aliphatic rings. The van der Waals surface area contributed by atoms with Crippen molar-refractivity contribution in [3.05, 3.63) is 58.1 Å². The number of hydrogen-bond donors (Lipinski definition) is 3. The first-order valence-electron chi connectivity index (χ1n) is 8.00. The van der Waals surface area contributed by atoms with E-state index in [0.29, 0.717) is 30.4 Å². The molecule has 0 aromatic heterocycles. The maximum absolute atomic E-state index is 10.6. The fourth-order valence-electron chi connectivity index (χ4n) is 2.78. The topological polar surface area (TPSA) is 60.7 Å². The molecule has 0 bridgehead atoms. The van der Waals surface area contributed by atoms with Crippen LogP contribution in [0.5, 0.6) is 11.5 Å². The number of phenolic OH excluding ortho intramolecular Hbond substituents is 2. The van der Waals surface area contributed by atoms with Crippen LogP contribution in [0.4, 0.5) is 0 Å². The summed E-state index contributed by atoms with van der Waals surface area (Å²) < 4.78 is 0. The van der Waals surface area contributed by atoms with Crippen molar-refractivity contribution < 1.29 is 15.3 Å². The second kappa shape index (κ2) is 6.63. The van der Waals surface area contributed by atoms with Gasteiger partial charge in [-0.05, 0) is 57.2 Å². The van der Waals surface area contributed by atoms with Crippen LogP contribution in [0, 0.1) is 13.8 Å². The maximum Gasteiger partial charge on any atom is 0.122 e. The number of aromatic hydroxyl groups is 2. The summed E-state index contributed by atoms with van der Waals surface area (Å²) in [6, 6.07) is 9.89. The highest BCUT2D eigenvalue weighted by molar-refractivity contribution is 5.58. The molecule has 0 atom stereocenters. The SMILES string of the molecule is Cc1c(C)c(O)c(Cc2ccccc2)c(CCC(C)(C)O)c1O. The highest BCUT2D eigenvalue weighted by atomic mass is 16.3. The van der Waals surface area contributed by atoms with Gasteiger partial charge in [0, 0.05) is 17.5 Å². The Balaban J connectivity index is 2.49. The van der Waals surface area contributed by atoms with Crippen molar-refractivity contribution in [1.29, 1.82) is 0 Å². The molecule has 0 radical (unpaired) electrons. The lowest BCUT2D eigenvalue weighted by Crippen LogP contribution is -2.19. The lowest BCUT2D eigenvalue weighted by atomic mass is 9.88. The van der Waals surface area contributed by atoms with E-state index in [9.17, 15) is 15.3 Å². The Bertz CT molecular complexity index is 683. The highest BCUT2D eigenvalue weighted by Crippen LogP contribution is 2.39. The lowest BCUT2D eigenvalue weighted by Gasteiger charge is -2.22. The first-order valence-corrected chi connectivity index (χ1v) is 8.00. The van der Waals surface area contributed by atoms with Gasteiger partial charge >= 0.3 is 0 Å². The van der Waals surface area contributed by atoms with Crippen LogP contribution in [0.1, 0.15) is 48.1 Å². The van der Waals surface area contributed by atoms with Gasteiger partial charge in [0.05, 0.1) is 5.60 Å². The van der Waals surface area contributed by atoms with Crippen molar-refractivity contribution in [2.45, 2.75) is 52.6 Å². The maximum atomic E-state index is 10.6. The van der Waals surface area contributed by atoms with E-state index in [0.717, 1.165) is 16.7 Å². The van der Waals surface area contributed by atoms with Gasteiger partial charge in [-0.2, -0.15) is 0 Å². The van der Waals surface area contributed by atoms with Crippen molar-refractivity contribution >= 4 is 0 Å². The first-order chi connectivity index (χ1) is 10.7. The number of rotatable bonds is 5. The van der Waals surface area contributed by atoms with E-state index in [4.69, 9.17) is 0 Å². The molecule has 3 N–H and O–H groups in total. The minimum Gasteiger partial charge on any atom is -0.507 e. The van der Waals surface area contributed by atoms with E-state index < -0.39 is 5.60 Å². The van der Waals surface area contributed by atoms with Gasteiger partial charge in [0.2, 0.25) is 0 Å². The Kier molecular flexibility index (Phi) is 5.00. The molecule has 0 spiro atoms. The van der Waals surface area contributed by atoms with Crippen molar-refractivity contribution in [2.75, 3.05) is 0 Å². The summed E-state index contributed by atoms with van der Waals surface area (Å²) in [6.45, 7) is 7.13. The van der Waals surface area contributed by atoms with Crippen molar-refractivity contribution in [1.82, 2.24) is 0 Å². The normalized spacial score (nSPS) is 11.7. The summed E-state index contributed by atoms with van der Waals surface area (Å²) in [4.78, 5) is 0. The molecular weight excluding hydrogens is 288 g/mol. The van der Waals surface area contributed by atoms with Crippen LogP contribution in [0.3, 0.4) is 0 Å². The molecule has 0 amide bonds. The Morgan fingerprint density at radius 3 is 1.91 bits per heavy atom. The van der Waals surface area contributed by atoms with Crippen LogP contribution in [0.25, 0.3) is 0 Å². The van der Waals surface area contributed by atoms with Gasteiger partial charge in [0.15, 0.2) is 0 Å². The molecule has 0 heterocycles. The zero-order valence-corrected chi connectivity index (χ0v) is 14.3. The van der Waals surface area contributed by atoms with E-state index in [2.05, 4.69) is 0 Å². The van der Waals surface area contributed by atoms with Crippen LogP contribution in [-0.4, -0.2) is 20.9 Å². The van der Waals surface area contributed by atoms with Gasteiger partial charge < -0.3 is 15.3 Å². The van der Waals surface area contributed by atoms with Crippen molar-refractivity contribution in [3.8, 4) is 11.5 Å². The van der Waals surface area contributed by atoms with E-state index in [1.54, 1.807) is 13.8 Å². The second-order valence-electron chi connectivity index (χ2n) is 6.88. The molecule has 0 aliphatic carbocycles. The summed E-state index contributed by atoms with van der Waals surface area (Å²) in [5.74, 6) is 0.477. The van der Waals surface area contributed by atoms with E-state index >= 15 is 0 Å². The number of hydrogen-bond acceptors (Lipinski definition) is 3. The zero-order chi connectivity index (χ0) is 17.2. The average Bonchev–Trinajstić information content (AvgIpc) is 2.50. The van der Waals surface area contributed by atoms with Gasteiger partial charge in [0.25, 0.3) is 0 Å². The fourth-order valence-corrected chi connectivity index (χ4v) is 2.78. The number of aliphatic hydroxyl groups is 1. The lowest BCUT2D eigenvalue weighted by molar-refractivity contribution is 0.0712. The molecule has 3 heteroatoms. The molecule has 124 valence electrons. The van der Waals surface area contributed by atoms with Gasteiger partial charge in [0.1, 0.15) is 11.5 Å². The zero-order valence-electron chi connectivity index (χ0n) is 14.3. The number of phenols is 2. The Morgan fingerprint density at radius 1 is 0.870 bits per heavy atom. The molecule has 0 saturated carbocycles. The van der Waals surface area contributed by atoms with Crippen LogP contribution < -0.4 is 0 Å². The quantitative estimate of drug-likeness (QED) is 0.731. The summed E-state index contributed by atoms with van der Waals surface area (Å²) in [6.07, 6.45) is 1.60. The van der Waals surface area contributed by atoms with E-state index in [-0.39, 0.29) is 11.5 Å². The molecule has 0 saturated heterocycles. The minimum absolute atomic E-state index is 0.232. The van der Waals surface area contributed by atoms with Crippen molar-refractivity contribution in [2.24, 2.45) is 0 Å². The van der Waals surface area contributed by atoms with E-state index in [1.165, 1.54) is 0 Å². The van der Waals surface area contributed by atoms with Crippen LogP contribution in [0.15, 0.2) is 30.3 Å². The van der Waals surface area contributed by atoms with Gasteiger partial charge in [-0.25, -0.2) is 0 Å². The predicted octanol–water partition coefficient (Wildman–Crippen LogP) is 4.01. The Morgan fingerprint density at radius 2 is 1.39 bits per heavy atom. The molecule has 3 nitrogen and oxygen atoms in total. The average molecular weight is 314 g/mol. The molecule has 2 aromatic rings. The molecular formula is C20H26O3. The summed E-state index contributed by atoms with van der Waals surface area (Å²) in [5, 5.41) is 31.2. The minimum atomic E-state index is -0.815. The first kappa shape index (κ1) is 17.4. The third-order valence-electron chi connectivity index (χ3n) is 4.42. The largest absolute Gasteiger partial charge is 0.507 e. The number of benzene rings is 2. The summed E-state index contributed by atoms with van der Waals surface area (Å²) in [5.41, 5.74) is 3.16. The third-order valence-corrected chi connectivity index (χ3v) is 4.42. The van der Waals surface area contributed by atoms with Gasteiger partial charge in [-0.15, -0.1) is 0 Å². The van der Waals surface area contributed by atoms with Gasteiger partial charge in [-0.1, -0.05) is 30.3 Å². The predicted molar refractivity (Wildman–Crippen MR) is 93.1 cm³/mol. The Labute approximate surface area is 138 Å². The summed E-state index contributed by atoms with van der Waals surface area (Å²) in [7, 11) is 0. The molecule has 0 fully saturated rings. The Hall–Kier alpha value is -2.00. The summed E-state index contributed by atoms with van der Waals surface area (Å²) >= 11 is 0. The smallest absolute Gasteiger partial charge is 0.122 e. The van der Waals surface area contributed by atoms with Crippen molar-refractivity contribution in [3.63, 3.8) is 0 Å². The molecule has 0 unspecified atom stereocenters. The van der Waals surface area contributed by atoms with Gasteiger partial charge in [-0.3, -0.25) is 0 Å². The molecule has 2 aromatic carbocycles. The molecule has 2 rings (SSSR count). The molecule has 23 heavy (non-hydrogen) atoms.